The Morgan fingerprint density at radius 2 is 2.00 bits per heavy atom. The molecule has 0 aliphatic heterocycles. The third-order valence-corrected chi connectivity index (χ3v) is 3.50. The predicted octanol–water partition coefficient (Wildman–Crippen LogP) is 3.71. The molecule has 2 rings (SSSR count). The molecule has 3 heteroatoms. The van der Waals surface area contributed by atoms with Crippen molar-refractivity contribution in [2.45, 2.75) is 19.4 Å². The van der Waals surface area contributed by atoms with E-state index in [2.05, 4.69) is 55.2 Å². The molecule has 0 bridgehead atoms. The standard InChI is InChI=1S/C14H19ClN2/c1-10-14(13(8-9-15)17(2)3)11-6-4-5-7-12(11)16-10/h4-7,13,16H,8-9H2,1-3H3. The minimum absolute atomic E-state index is 0.378. The fourth-order valence-electron chi connectivity index (χ4n) is 2.49. The predicted molar refractivity (Wildman–Crippen MR) is 74.8 cm³/mol. The van der Waals surface area contributed by atoms with Crippen LogP contribution in [0.15, 0.2) is 24.3 Å². The average Bonchev–Trinajstić information content (AvgIpc) is 2.62. The molecule has 0 radical (unpaired) electrons. The van der Waals surface area contributed by atoms with Crippen molar-refractivity contribution in [3.63, 3.8) is 0 Å². The van der Waals surface area contributed by atoms with E-state index in [-0.39, 0.29) is 0 Å². The van der Waals surface area contributed by atoms with Crippen molar-refractivity contribution < 1.29 is 0 Å². The topological polar surface area (TPSA) is 19.0 Å². The van der Waals surface area contributed by atoms with Crippen molar-refractivity contribution in [2.24, 2.45) is 0 Å². The van der Waals surface area contributed by atoms with E-state index in [0.717, 1.165) is 6.42 Å². The molecule has 0 amide bonds. The molecule has 0 aliphatic carbocycles. The highest BCUT2D eigenvalue weighted by atomic mass is 35.5. The molecule has 1 atom stereocenters. The highest BCUT2D eigenvalue weighted by Gasteiger charge is 2.19. The van der Waals surface area contributed by atoms with Crippen molar-refractivity contribution in [1.82, 2.24) is 9.88 Å². The number of rotatable bonds is 4. The summed E-state index contributed by atoms with van der Waals surface area (Å²) in [5, 5.41) is 1.31. The van der Waals surface area contributed by atoms with Crippen LogP contribution in [0.3, 0.4) is 0 Å². The summed E-state index contributed by atoms with van der Waals surface area (Å²) < 4.78 is 0. The highest BCUT2D eigenvalue weighted by Crippen LogP contribution is 2.32. The van der Waals surface area contributed by atoms with E-state index in [1.165, 1.54) is 22.2 Å². The maximum Gasteiger partial charge on any atom is 0.0459 e. The zero-order valence-electron chi connectivity index (χ0n) is 10.6. The quantitative estimate of drug-likeness (QED) is 0.820. The number of halogens is 1. The van der Waals surface area contributed by atoms with Gasteiger partial charge in [0.15, 0.2) is 0 Å². The first-order valence-electron chi connectivity index (χ1n) is 5.94. The van der Waals surface area contributed by atoms with Gasteiger partial charge in [0, 0.05) is 28.5 Å². The van der Waals surface area contributed by atoms with Crippen molar-refractivity contribution in [3.05, 3.63) is 35.5 Å². The average molecular weight is 251 g/mol. The monoisotopic (exact) mass is 250 g/mol. The fourth-order valence-corrected chi connectivity index (χ4v) is 2.70. The van der Waals surface area contributed by atoms with Crippen LogP contribution in [0.5, 0.6) is 0 Å². The van der Waals surface area contributed by atoms with E-state index in [4.69, 9.17) is 11.6 Å². The minimum atomic E-state index is 0.378. The van der Waals surface area contributed by atoms with Gasteiger partial charge in [0.2, 0.25) is 0 Å². The van der Waals surface area contributed by atoms with Crippen molar-refractivity contribution in [2.75, 3.05) is 20.0 Å². The lowest BCUT2D eigenvalue weighted by molar-refractivity contribution is 0.294. The van der Waals surface area contributed by atoms with Gasteiger partial charge in [-0.15, -0.1) is 11.6 Å². The molecular formula is C14H19ClN2. The number of aromatic nitrogens is 1. The second-order valence-corrected chi connectivity index (χ2v) is 5.04. The summed E-state index contributed by atoms with van der Waals surface area (Å²) in [4.78, 5) is 5.69. The molecule has 0 spiro atoms. The Balaban J connectivity index is 2.55. The van der Waals surface area contributed by atoms with Gasteiger partial charge in [0.05, 0.1) is 0 Å². The SMILES string of the molecule is Cc1[nH]c2ccccc2c1C(CCCl)N(C)C. The van der Waals surface area contributed by atoms with Gasteiger partial charge in [-0.05, 0) is 39.1 Å². The highest BCUT2D eigenvalue weighted by molar-refractivity contribution is 6.17. The number of nitrogens with zero attached hydrogens (tertiary/aromatic N) is 1. The van der Waals surface area contributed by atoms with E-state index >= 15 is 0 Å². The van der Waals surface area contributed by atoms with Crippen LogP contribution in [0.1, 0.15) is 23.7 Å². The third-order valence-electron chi connectivity index (χ3n) is 3.28. The molecule has 2 aromatic rings. The van der Waals surface area contributed by atoms with Gasteiger partial charge in [-0.2, -0.15) is 0 Å². The fraction of sp³-hybridized carbons (Fsp3) is 0.429. The number of fused-ring (bicyclic) bond motifs is 1. The lowest BCUT2D eigenvalue weighted by Gasteiger charge is -2.24. The largest absolute Gasteiger partial charge is 0.358 e. The number of hydrogen-bond acceptors (Lipinski definition) is 1. The first kappa shape index (κ1) is 12.5. The van der Waals surface area contributed by atoms with Crippen LogP contribution in [-0.4, -0.2) is 29.9 Å². The van der Waals surface area contributed by atoms with Gasteiger partial charge in [-0.25, -0.2) is 0 Å². The normalized spacial score (nSPS) is 13.5. The van der Waals surface area contributed by atoms with E-state index in [1.807, 2.05) is 0 Å². The van der Waals surface area contributed by atoms with Crippen molar-refractivity contribution in [3.8, 4) is 0 Å². The minimum Gasteiger partial charge on any atom is -0.358 e. The summed E-state index contributed by atoms with van der Waals surface area (Å²) in [6, 6.07) is 8.84. The van der Waals surface area contributed by atoms with Crippen LogP contribution in [0.4, 0.5) is 0 Å². The second-order valence-electron chi connectivity index (χ2n) is 4.67. The number of aromatic amines is 1. The van der Waals surface area contributed by atoms with Crippen LogP contribution < -0.4 is 0 Å². The van der Waals surface area contributed by atoms with E-state index in [0.29, 0.717) is 11.9 Å². The molecule has 0 aliphatic rings. The number of hydrogen-bond donors (Lipinski definition) is 1. The zero-order valence-corrected chi connectivity index (χ0v) is 11.4. The number of benzene rings is 1. The maximum absolute atomic E-state index is 5.92. The Morgan fingerprint density at radius 1 is 1.29 bits per heavy atom. The van der Waals surface area contributed by atoms with Crippen LogP contribution in [0.25, 0.3) is 10.9 Å². The Kier molecular flexibility index (Phi) is 3.75. The molecule has 0 saturated heterocycles. The number of nitrogens with one attached hydrogen (secondary N) is 1. The Bertz CT molecular complexity index is 502. The Morgan fingerprint density at radius 3 is 2.65 bits per heavy atom. The van der Waals surface area contributed by atoms with Gasteiger partial charge in [-0.1, -0.05) is 18.2 Å². The maximum atomic E-state index is 5.92. The van der Waals surface area contributed by atoms with Crippen LogP contribution in [0.2, 0.25) is 0 Å². The number of para-hydroxylation sites is 1. The number of alkyl halides is 1. The van der Waals surface area contributed by atoms with Crippen molar-refractivity contribution in [1.29, 1.82) is 0 Å². The van der Waals surface area contributed by atoms with E-state index < -0.39 is 0 Å². The van der Waals surface area contributed by atoms with Gasteiger partial charge in [0.25, 0.3) is 0 Å². The molecule has 1 aromatic heterocycles. The summed E-state index contributed by atoms with van der Waals surface area (Å²) in [6.07, 6.45) is 0.969. The van der Waals surface area contributed by atoms with E-state index in [9.17, 15) is 0 Å². The molecule has 0 fully saturated rings. The smallest absolute Gasteiger partial charge is 0.0459 e. The summed E-state index contributed by atoms with van der Waals surface area (Å²) >= 11 is 5.92. The lowest BCUT2D eigenvalue weighted by atomic mass is 10.00. The zero-order chi connectivity index (χ0) is 12.4. The second kappa shape index (κ2) is 5.11. The molecule has 1 aromatic carbocycles. The molecular weight excluding hydrogens is 232 g/mol. The summed E-state index contributed by atoms with van der Waals surface area (Å²) in [5.41, 5.74) is 3.84. The van der Waals surface area contributed by atoms with Crippen LogP contribution >= 0.6 is 11.6 Å². The number of H-pyrrole nitrogens is 1. The molecule has 2 nitrogen and oxygen atoms in total. The lowest BCUT2D eigenvalue weighted by Crippen LogP contribution is -2.20. The Labute approximate surface area is 108 Å². The molecule has 92 valence electrons. The Hall–Kier alpha value is -0.990. The molecule has 17 heavy (non-hydrogen) atoms. The molecule has 1 unspecified atom stereocenters. The molecule has 1 heterocycles. The van der Waals surface area contributed by atoms with Gasteiger partial charge >= 0.3 is 0 Å². The van der Waals surface area contributed by atoms with Gasteiger partial charge in [0.1, 0.15) is 0 Å². The molecule has 0 saturated carbocycles. The number of aryl methyl sites for hydroxylation is 1. The van der Waals surface area contributed by atoms with Gasteiger partial charge < -0.3 is 9.88 Å². The van der Waals surface area contributed by atoms with Gasteiger partial charge in [-0.3, -0.25) is 0 Å². The summed E-state index contributed by atoms with van der Waals surface area (Å²) in [5.74, 6) is 0.682. The molecule has 1 N–H and O–H groups in total. The summed E-state index contributed by atoms with van der Waals surface area (Å²) in [6.45, 7) is 2.14. The van der Waals surface area contributed by atoms with E-state index in [1.54, 1.807) is 0 Å². The van der Waals surface area contributed by atoms with Crippen LogP contribution in [0, 0.1) is 6.92 Å². The van der Waals surface area contributed by atoms with Crippen LogP contribution in [-0.2, 0) is 0 Å². The summed E-state index contributed by atoms with van der Waals surface area (Å²) in [7, 11) is 4.22. The third kappa shape index (κ3) is 2.33. The van der Waals surface area contributed by atoms with Crippen molar-refractivity contribution >= 4 is 22.5 Å². The first-order valence-corrected chi connectivity index (χ1v) is 6.48. The first-order chi connectivity index (χ1) is 8.15.